The molecule has 51 heavy (non-hydrogen) atoms. The third kappa shape index (κ3) is 8.64. The van der Waals surface area contributed by atoms with E-state index in [0.717, 1.165) is 0 Å². The molecular weight excluding hydrogens is 662 g/mol. The summed E-state index contributed by atoms with van der Waals surface area (Å²) in [5.74, 6) is -2.71. The summed E-state index contributed by atoms with van der Waals surface area (Å²) in [6.07, 6.45) is -6.83. The molecule has 4 N–H and O–H groups in total. The third-order valence-corrected chi connectivity index (χ3v) is 12.6. The zero-order valence-corrected chi connectivity index (χ0v) is 33.3. The van der Waals surface area contributed by atoms with Crippen LogP contribution in [0.15, 0.2) is 0 Å². The number of hydrogen-bond acceptors (Lipinski definition) is 13. The van der Waals surface area contributed by atoms with E-state index >= 15 is 0 Å². The largest absolute Gasteiger partial charge is 0.459 e. The Bertz CT molecular complexity index is 1160. The molecule has 0 aromatic rings. The lowest BCUT2D eigenvalue weighted by atomic mass is 9.76. The van der Waals surface area contributed by atoms with Crippen molar-refractivity contribution in [1.82, 2.24) is 4.90 Å². The van der Waals surface area contributed by atoms with Crippen LogP contribution in [0.5, 0.6) is 0 Å². The average Bonchev–Trinajstić information content (AvgIpc) is 3.38. The molecule has 0 aliphatic carbocycles. The van der Waals surface area contributed by atoms with Gasteiger partial charge in [0.15, 0.2) is 12.6 Å². The Morgan fingerprint density at radius 2 is 1.57 bits per heavy atom. The Kier molecular flexibility index (Phi) is 13.8. The lowest BCUT2D eigenvalue weighted by Crippen LogP contribution is -2.60. The van der Waals surface area contributed by atoms with Gasteiger partial charge >= 0.3 is 5.97 Å². The number of ether oxygens (including phenoxy) is 7. The van der Waals surface area contributed by atoms with E-state index in [2.05, 4.69) is 6.92 Å². The van der Waals surface area contributed by atoms with E-state index in [1.54, 1.807) is 20.8 Å². The molecule has 13 heteroatoms. The summed E-state index contributed by atoms with van der Waals surface area (Å²) in [5, 5.41) is 46.2. The molecule has 13 nitrogen and oxygen atoms in total. The van der Waals surface area contributed by atoms with Crippen molar-refractivity contribution in [2.75, 3.05) is 21.2 Å². The predicted octanol–water partition coefficient (Wildman–Crippen LogP) is 3.01. The molecule has 298 valence electrons. The van der Waals surface area contributed by atoms with Gasteiger partial charge in [-0.25, -0.2) is 0 Å². The zero-order chi connectivity index (χ0) is 38.4. The quantitative estimate of drug-likeness (QED) is 0.270. The molecule has 0 saturated carbocycles. The van der Waals surface area contributed by atoms with Crippen LogP contribution < -0.4 is 0 Å². The number of hydrogen-bond donors (Lipinski definition) is 4. The standard InChI is InChI=1S/C38H69NO12/c1-14-15-26-38(10,44)31(41)21(4)29-19(2)17-37(9,51-29)33(50-35-28(40)25(39(11)12)16-20(3)46-35)22(5)30(23(6)34(43)48-26)49-27-18-36(8,45-13)32(42)24(7)47-27/h19-33,35,40-42,44H,14-18H2,1-13H3/t19?,20-,21-,22+,23-,24+,25+,26?,27?,28-,29?,30+,31-,32?,33-,35?,36-,37-,38-/m1/s1. The first-order valence-electron chi connectivity index (χ1n) is 19.1. The maximum Gasteiger partial charge on any atom is 0.311 e. The second-order valence-electron chi connectivity index (χ2n) is 17.1. The molecule has 4 aliphatic heterocycles. The normalized spacial score (nSPS) is 51.8. The highest BCUT2D eigenvalue weighted by Crippen LogP contribution is 2.48. The van der Waals surface area contributed by atoms with Crippen molar-refractivity contribution in [2.45, 2.75) is 192 Å². The number of esters is 1. The molecule has 0 aromatic carbocycles. The van der Waals surface area contributed by atoms with Crippen molar-refractivity contribution in [2.24, 2.45) is 23.7 Å². The topological polar surface area (TPSA) is 166 Å². The first kappa shape index (κ1) is 42.8. The predicted molar refractivity (Wildman–Crippen MR) is 189 cm³/mol. The van der Waals surface area contributed by atoms with E-state index < -0.39 is 102 Å². The SMILES string of the molecule is CCCC1OC(=O)[C@H](C)[C@@H](OC2C[C@@](C)(OC)C(O)[C@H](C)O2)[C@H](C)[C@@H](OC2O[C@H](C)C[C@H](N(C)C)[C@H]2O)[C@@]2(C)CC(C)C(O2)[C@@H](C)[C@@H](O)[C@]1(C)O. The number of carbonyl (C=O) groups excluding carboxylic acids is 1. The van der Waals surface area contributed by atoms with E-state index in [-0.39, 0.29) is 24.5 Å². The highest BCUT2D eigenvalue weighted by Gasteiger charge is 2.58. The molecule has 6 unspecified atom stereocenters. The van der Waals surface area contributed by atoms with E-state index in [1.807, 2.05) is 53.6 Å². The van der Waals surface area contributed by atoms with E-state index in [4.69, 9.17) is 33.2 Å². The number of likely N-dealkylation sites (N-methyl/N-ethyl adjacent to an activating group) is 1. The van der Waals surface area contributed by atoms with Crippen LogP contribution in [0.4, 0.5) is 0 Å². The molecule has 4 fully saturated rings. The number of fused-ring (bicyclic) bond motifs is 2. The molecule has 4 heterocycles. The van der Waals surface area contributed by atoms with Gasteiger partial charge in [0.2, 0.25) is 0 Å². The number of methoxy groups -OCH3 is 1. The van der Waals surface area contributed by atoms with Gasteiger partial charge in [0.1, 0.15) is 23.9 Å². The van der Waals surface area contributed by atoms with Crippen molar-refractivity contribution < 1.29 is 58.4 Å². The van der Waals surface area contributed by atoms with Gasteiger partial charge in [-0.1, -0.05) is 34.1 Å². The van der Waals surface area contributed by atoms with Crippen LogP contribution in [0.3, 0.4) is 0 Å². The van der Waals surface area contributed by atoms with Crippen LogP contribution in [0, 0.1) is 23.7 Å². The van der Waals surface area contributed by atoms with Crippen molar-refractivity contribution in [3.8, 4) is 0 Å². The Balaban J connectivity index is 1.84. The van der Waals surface area contributed by atoms with Crippen LogP contribution in [0.25, 0.3) is 0 Å². The fourth-order valence-electron chi connectivity index (χ4n) is 9.32. The van der Waals surface area contributed by atoms with Crippen molar-refractivity contribution in [1.29, 1.82) is 0 Å². The number of nitrogens with zero attached hydrogens (tertiary/aromatic N) is 1. The van der Waals surface area contributed by atoms with Gasteiger partial charge in [-0.2, -0.15) is 0 Å². The summed E-state index contributed by atoms with van der Waals surface area (Å²) >= 11 is 0. The molecule has 4 aliphatic rings. The molecule has 2 bridgehead atoms. The van der Waals surface area contributed by atoms with Crippen LogP contribution in [-0.4, -0.2) is 143 Å². The van der Waals surface area contributed by atoms with Crippen LogP contribution in [0.2, 0.25) is 0 Å². The smallest absolute Gasteiger partial charge is 0.311 e. The zero-order valence-electron chi connectivity index (χ0n) is 33.3. The number of aliphatic hydroxyl groups excluding tert-OH is 3. The van der Waals surface area contributed by atoms with Crippen molar-refractivity contribution >= 4 is 5.97 Å². The summed E-state index contributed by atoms with van der Waals surface area (Å²) in [7, 11) is 5.36. The van der Waals surface area contributed by atoms with Gasteiger partial charge in [0, 0.05) is 31.4 Å². The molecule has 0 aromatic heterocycles. The third-order valence-electron chi connectivity index (χ3n) is 12.6. The number of aliphatic hydroxyl groups is 4. The molecular formula is C38H69NO12. The molecule has 4 rings (SSSR count). The van der Waals surface area contributed by atoms with Gasteiger partial charge < -0.3 is 58.5 Å². The first-order valence-corrected chi connectivity index (χ1v) is 19.1. The fourth-order valence-corrected chi connectivity index (χ4v) is 9.32. The first-order chi connectivity index (χ1) is 23.6. The Hall–Kier alpha value is -0.970. The molecule has 0 radical (unpaired) electrons. The van der Waals surface area contributed by atoms with Crippen LogP contribution in [0.1, 0.15) is 101 Å². The van der Waals surface area contributed by atoms with Gasteiger partial charge in [0.05, 0.1) is 53.7 Å². The van der Waals surface area contributed by atoms with E-state index in [0.29, 0.717) is 25.7 Å². The van der Waals surface area contributed by atoms with Crippen molar-refractivity contribution in [3.05, 3.63) is 0 Å². The number of carbonyl (C=O) groups is 1. The summed E-state index contributed by atoms with van der Waals surface area (Å²) in [6.45, 7) is 18.5. The summed E-state index contributed by atoms with van der Waals surface area (Å²) in [6, 6.07) is -0.225. The minimum Gasteiger partial charge on any atom is -0.459 e. The van der Waals surface area contributed by atoms with Gasteiger partial charge in [-0.3, -0.25) is 4.79 Å². The monoisotopic (exact) mass is 731 g/mol. The average molecular weight is 732 g/mol. The lowest BCUT2D eigenvalue weighted by molar-refractivity contribution is -0.318. The Labute approximate surface area is 305 Å². The highest BCUT2D eigenvalue weighted by atomic mass is 16.7. The maximum atomic E-state index is 14.2. The summed E-state index contributed by atoms with van der Waals surface area (Å²) in [4.78, 5) is 16.2. The van der Waals surface area contributed by atoms with Gasteiger partial charge in [-0.05, 0) is 80.8 Å². The van der Waals surface area contributed by atoms with E-state index in [9.17, 15) is 25.2 Å². The minimum absolute atomic E-state index is 0.0577. The minimum atomic E-state index is -1.78. The fraction of sp³-hybridized carbons (Fsp3) is 0.974. The molecule has 0 spiro atoms. The molecule has 0 amide bonds. The number of cyclic esters (lactones) is 1. The Morgan fingerprint density at radius 3 is 2.16 bits per heavy atom. The number of rotatable bonds is 8. The highest BCUT2D eigenvalue weighted by molar-refractivity contribution is 5.73. The molecule has 19 atom stereocenters. The second-order valence-corrected chi connectivity index (χ2v) is 17.1. The van der Waals surface area contributed by atoms with Gasteiger partial charge in [0.25, 0.3) is 0 Å². The maximum absolute atomic E-state index is 14.2. The Morgan fingerprint density at radius 1 is 0.922 bits per heavy atom. The molecule has 4 saturated heterocycles. The van der Waals surface area contributed by atoms with Crippen LogP contribution in [-0.2, 0) is 38.0 Å². The van der Waals surface area contributed by atoms with Gasteiger partial charge in [-0.15, -0.1) is 0 Å². The van der Waals surface area contributed by atoms with Crippen LogP contribution >= 0.6 is 0 Å². The van der Waals surface area contributed by atoms with Crippen molar-refractivity contribution in [3.63, 3.8) is 0 Å². The lowest BCUT2D eigenvalue weighted by Gasteiger charge is -2.48. The summed E-state index contributed by atoms with van der Waals surface area (Å²) < 4.78 is 45.0. The summed E-state index contributed by atoms with van der Waals surface area (Å²) in [5.41, 5.74) is -3.76. The van der Waals surface area contributed by atoms with E-state index in [1.165, 1.54) is 14.0 Å². The second kappa shape index (κ2) is 16.4.